The minimum absolute atomic E-state index is 0.0507. The molecule has 5 heteroatoms. The van der Waals surface area contributed by atoms with E-state index >= 15 is 0 Å². The van der Waals surface area contributed by atoms with E-state index in [0.717, 1.165) is 24.3 Å². The molecule has 0 fully saturated rings. The summed E-state index contributed by atoms with van der Waals surface area (Å²) in [5, 5.41) is 0. The molecule has 1 aromatic carbocycles. The molecule has 0 aliphatic heterocycles. The van der Waals surface area contributed by atoms with Crippen molar-refractivity contribution >= 4 is 17.7 Å². The maximum absolute atomic E-state index is 12.5. The van der Waals surface area contributed by atoms with Crippen molar-refractivity contribution in [1.29, 1.82) is 0 Å². The fraction of sp³-hybridized carbons (Fsp3) is 0.562. The highest BCUT2D eigenvalue weighted by Gasteiger charge is 2.20. The predicted octanol–water partition coefficient (Wildman–Crippen LogP) is 1.66. The number of hydrogen-bond donors (Lipinski definition) is 1. The second-order valence-corrected chi connectivity index (χ2v) is 6.42. The standard InChI is InChI=1S/C16H27N3OS/c1-18(2)10-11-19(13-14-7-5-4-6-8-14)16(20)15(17)9-12-21-3/h4-8,15H,9-13,17H2,1-3H3/t15-/m0/s1. The Kier molecular flexibility index (Phi) is 8.42. The highest BCUT2D eigenvalue weighted by molar-refractivity contribution is 7.98. The summed E-state index contributed by atoms with van der Waals surface area (Å²) in [7, 11) is 4.03. The minimum atomic E-state index is -0.400. The Balaban J connectivity index is 2.68. The first-order chi connectivity index (χ1) is 10.0. The molecule has 0 aliphatic carbocycles. The van der Waals surface area contributed by atoms with Gasteiger partial charge in [0.15, 0.2) is 0 Å². The predicted molar refractivity (Wildman–Crippen MR) is 91.4 cm³/mol. The molecule has 21 heavy (non-hydrogen) atoms. The van der Waals surface area contributed by atoms with Gasteiger partial charge in [0, 0.05) is 19.6 Å². The van der Waals surface area contributed by atoms with Crippen LogP contribution in [0.3, 0.4) is 0 Å². The van der Waals surface area contributed by atoms with Gasteiger partial charge in [-0.2, -0.15) is 11.8 Å². The number of nitrogens with two attached hydrogens (primary N) is 1. The van der Waals surface area contributed by atoms with E-state index in [-0.39, 0.29) is 5.91 Å². The van der Waals surface area contributed by atoms with E-state index in [1.54, 1.807) is 11.8 Å². The molecule has 0 bridgehead atoms. The summed E-state index contributed by atoms with van der Waals surface area (Å²) in [6.45, 7) is 2.17. The number of benzene rings is 1. The van der Waals surface area contributed by atoms with Crippen LogP contribution in [0, 0.1) is 0 Å². The van der Waals surface area contributed by atoms with Gasteiger partial charge in [-0.25, -0.2) is 0 Å². The molecule has 0 saturated carbocycles. The summed E-state index contributed by atoms with van der Waals surface area (Å²) >= 11 is 1.72. The van der Waals surface area contributed by atoms with Crippen LogP contribution in [0.4, 0.5) is 0 Å². The lowest BCUT2D eigenvalue weighted by Crippen LogP contribution is -2.45. The lowest BCUT2D eigenvalue weighted by Gasteiger charge is -2.27. The number of rotatable bonds is 9. The molecule has 1 atom stereocenters. The lowest BCUT2D eigenvalue weighted by atomic mass is 10.1. The third-order valence-corrected chi connectivity index (χ3v) is 3.94. The Bertz CT molecular complexity index is 411. The highest BCUT2D eigenvalue weighted by Crippen LogP contribution is 2.08. The van der Waals surface area contributed by atoms with Gasteiger partial charge >= 0.3 is 0 Å². The third kappa shape index (κ3) is 6.98. The van der Waals surface area contributed by atoms with Gasteiger partial charge in [-0.05, 0) is 38.1 Å². The van der Waals surface area contributed by atoms with Crippen LogP contribution in [-0.4, -0.2) is 60.9 Å². The zero-order chi connectivity index (χ0) is 15.7. The Morgan fingerprint density at radius 2 is 1.90 bits per heavy atom. The van der Waals surface area contributed by atoms with E-state index < -0.39 is 6.04 Å². The van der Waals surface area contributed by atoms with Crippen LogP contribution in [0.15, 0.2) is 30.3 Å². The molecule has 0 aliphatic rings. The fourth-order valence-electron chi connectivity index (χ4n) is 1.99. The number of carbonyl (C=O) groups excluding carboxylic acids is 1. The molecule has 1 rings (SSSR count). The first-order valence-corrected chi connectivity index (χ1v) is 8.66. The monoisotopic (exact) mass is 309 g/mol. The van der Waals surface area contributed by atoms with Crippen molar-refractivity contribution in [1.82, 2.24) is 9.80 Å². The first-order valence-electron chi connectivity index (χ1n) is 7.26. The Morgan fingerprint density at radius 1 is 1.24 bits per heavy atom. The summed E-state index contributed by atoms with van der Waals surface area (Å²) < 4.78 is 0. The summed E-state index contributed by atoms with van der Waals surface area (Å²) in [6.07, 6.45) is 2.76. The molecule has 0 saturated heterocycles. The third-order valence-electron chi connectivity index (χ3n) is 3.30. The average Bonchev–Trinajstić information content (AvgIpc) is 2.49. The van der Waals surface area contributed by atoms with Gasteiger partial charge in [0.05, 0.1) is 6.04 Å². The quantitative estimate of drug-likeness (QED) is 0.754. The van der Waals surface area contributed by atoms with Crippen LogP contribution in [0.25, 0.3) is 0 Å². The molecule has 0 radical (unpaired) electrons. The van der Waals surface area contributed by atoms with Gasteiger partial charge in [-0.15, -0.1) is 0 Å². The van der Waals surface area contributed by atoms with Crippen molar-refractivity contribution in [3.8, 4) is 0 Å². The van der Waals surface area contributed by atoms with Crippen molar-refractivity contribution < 1.29 is 4.79 Å². The topological polar surface area (TPSA) is 49.6 Å². The van der Waals surface area contributed by atoms with Crippen molar-refractivity contribution in [2.24, 2.45) is 5.73 Å². The lowest BCUT2D eigenvalue weighted by molar-refractivity contribution is -0.133. The summed E-state index contributed by atoms with van der Waals surface area (Å²) in [5.74, 6) is 0.967. The second kappa shape index (κ2) is 9.82. The molecule has 1 aromatic rings. The molecule has 0 spiro atoms. The minimum Gasteiger partial charge on any atom is -0.336 e. The van der Waals surface area contributed by atoms with E-state index in [9.17, 15) is 4.79 Å². The van der Waals surface area contributed by atoms with Crippen molar-refractivity contribution in [3.05, 3.63) is 35.9 Å². The van der Waals surface area contributed by atoms with Gasteiger partial charge in [0.2, 0.25) is 5.91 Å². The maximum atomic E-state index is 12.5. The number of thioether (sulfide) groups is 1. The highest BCUT2D eigenvalue weighted by atomic mass is 32.2. The van der Waals surface area contributed by atoms with Gasteiger partial charge in [-0.1, -0.05) is 30.3 Å². The van der Waals surface area contributed by atoms with Crippen molar-refractivity contribution in [2.45, 2.75) is 19.0 Å². The van der Waals surface area contributed by atoms with E-state index in [1.165, 1.54) is 0 Å². The van der Waals surface area contributed by atoms with Gasteiger partial charge in [-0.3, -0.25) is 4.79 Å². The average molecular weight is 309 g/mol. The molecule has 1 amide bonds. The number of hydrogen-bond acceptors (Lipinski definition) is 4. The second-order valence-electron chi connectivity index (χ2n) is 5.44. The first kappa shape index (κ1) is 18.0. The Labute approximate surface area is 132 Å². The van der Waals surface area contributed by atoms with Gasteiger partial charge in [0.25, 0.3) is 0 Å². The summed E-state index contributed by atoms with van der Waals surface area (Å²) in [6, 6.07) is 9.67. The fourth-order valence-corrected chi connectivity index (χ4v) is 2.48. The Morgan fingerprint density at radius 3 is 2.48 bits per heavy atom. The molecular weight excluding hydrogens is 282 g/mol. The molecule has 4 nitrogen and oxygen atoms in total. The number of nitrogens with zero attached hydrogens (tertiary/aromatic N) is 2. The number of carbonyl (C=O) groups is 1. The van der Waals surface area contributed by atoms with E-state index in [1.807, 2.05) is 55.6 Å². The molecular formula is C16H27N3OS. The zero-order valence-electron chi connectivity index (χ0n) is 13.3. The van der Waals surface area contributed by atoms with Gasteiger partial charge < -0.3 is 15.5 Å². The largest absolute Gasteiger partial charge is 0.336 e. The normalized spacial score (nSPS) is 12.4. The molecule has 0 heterocycles. The zero-order valence-corrected chi connectivity index (χ0v) is 14.1. The van der Waals surface area contributed by atoms with Crippen LogP contribution in [0.2, 0.25) is 0 Å². The summed E-state index contributed by atoms with van der Waals surface area (Å²) in [4.78, 5) is 16.5. The van der Waals surface area contributed by atoms with Crippen LogP contribution in [0.5, 0.6) is 0 Å². The van der Waals surface area contributed by atoms with Gasteiger partial charge in [0.1, 0.15) is 0 Å². The van der Waals surface area contributed by atoms with E-state index in [2.05, 4.69) is 4.90 Å². The van der Waals surface area contributed by atoms with E-state index in [0.29, 0.717) is 13.1 Å². The molecule has 0 unspecified atom stereocenters. The number of amides is 1. The van der Waals surface area contributed by atoms with Crippen molar-refractivity contribution in [2.75, 3.05) is 39.2 Å². The maximum Gasteiger partial charge on any atom is 0.239 e. The van der Waals surface area contributed by atoms with E-state index in [4.69, 9.17) is 5.73 Å². The SMILES string of the molecule is CSCC[C@H](N)C(=O)N(CCN(C)C)Cc1ccccc1. The van der Waals surface area contributed by atoms with Crippen LogP contribution in [-0.2, 0) is 11.3 Å². The van der Waals surface area contributed by atoms with Crippen LogP contribution < -0.4 is 5.73 Å². The molecule has 0 aromatic heterocycles. The molecule has 2 N–H and O–H groups in total. The summed E-state index contributed by atoms with van der Waals surface area (Å²) in [5.41, 5.74) is 7.19. The smallest absolute Gasteiger partial charge is 0.239 e. The molecule has 118 valence electrons. The van der Waals surface area contributed by atoms with Crippen LogP contribution in [0.1, 0.15) is 12.0 Å². The van der Waals surface area contributed by atoms with Crippen molar-refractivity contribution in [3.63, 3.8) is 0 Å². The van der Waals surface area contributed by atoms with Crippen LogP contribution >= 0.6 is 11.8 Å². The Hall–Kier alpha value is -1.04. The number of likely N-dealkylation sites (N-methyl/N-ethyl adjacent to an activating group) is 1.